The van der Waals surface area contributed by atoms with Crippen LogP contribution in [0.5, 0.6) is 0 Å². The summed E-state index contributed by atoms with van der Waals surface area (Å²) >= 11 is 0. The standard InChI is InChI=1S/C16H22N2O3S/c19-22(20,16-5-4-13-2-1-3-14(13)10-16)18-7-6-17-8-9-21-12-15(17)11-18/h4-5,10,15H,1-3,6-9,11-12H2/t15-/m1/s1. The van der Waals surface area contributed by atoms with Crippen LogP contribution >= 0.6 is 0 Å². The van der Waals surface area contributed by atoms with Crippen molar-refractivity contribution in [1.82, 2.24) is 9.21 Å². The fraction of sp³-hybridized carbons (Fsp3) is 0.625. The third-order valence-corrected chi connectivity index (χ3v) is 6.97. The Bertz CT molecular complexity index is 674. The van der Waals surface area contributed by atoms with Crippen molar-refractivity contribution in [2.24, 2.45) is 0 Å². The lowest BCUT2D eigenvalue weighted by Crippen LogP contribution is -2.58. The van der Waals surface area contributed by atoms with Crippen LogP contribution in [-0.2, 0) is 27.6 Å². The minimum Gasteiger partial charge on any atom is -0.378 e. The van der Waals surface area contributed by atoms with Crippen LogP contribution in [0.4, 0.5) is 0 Å². The van der Waals surface area contributed by atoms with E-state index in [1.807, 2.05) is 12.1 Å². The van der Waals surface area contributed by atoms with Gasteiger partial charge in [0.25, 0.3) is 0 Å². The first-order valence-corrected chi connectivity index (χ1v) is 9.52. The first kappa shape index (κ1) is 14.6. The molecular formula is C16H22N2O3S. The Morgan fingerprint density at radius 1 is 1.09 bits per heavy atom. The second-order valence-electron chi connectivity index (χ2n) is 6.41. The van der Waals surface area contributed by atoms with E-state index >= 15 is 0 Å². The Morgan fingerprint density at radius 2 is 1.95 bits per heavy atom. The van der Waals surface area contributed by atoms with Crippen LogP contribution in [0, 0.1) is 0 Å². The molecule has 3 aliphatic rings. The highest BCUT2D eigenvalue weighted by atomic mass is 32.2. The van der Waals surface area contributed by atoms with Gasteiger partial charge in [-0.2, -0.15) is 4.31 Å². The van der Waals surface area contributed by atoms with E-state index in [2.05, 4.69) is 4.90 Å². The fourth-order valence-corrected chi connectivity index (χ4v) is 5.31. The smallest absolute Gasteiger partial charge is 0.243 e. The average molecular weight is 322 g/mol. The monoisotopic (exact) mass is 322 g/mol. The zero-order chi connectivity index (χ0) is 15.2. The molecule has 1 aliphatic carbocycles. The van der Waals surface area contributed by atoms with Gasteiger partial charge in [-0.15, -0.1) is 0 Å². The summed E-state index contributed by atoms with van der Waals surface area (Å²) in [4.78, 5) is 2.80. The first-order chi connectivity index (χ1) is 10.6. The van der Waals surface area contributed by atoms with Gasteiger partial charge in [0.15, 0.2) is 0 Å². The zero-order valence-corrected chi connectivity index (χ0v) is 13.5. The molecule has 0 spiro atoms. The van der Waals surface area contributed by atoms with Crippen LogP contribution in [0.3, 0.4) is 0 Å². The number of hydrogen-bond acceptors (Lipinski definition) is 4. The van der Waals surface area contributed by atoms with E-state index in [0.29, 0.717) is 24.6 Å². The molecule has 0 unspecified atom stereocenters. The summed E-state index contributed by atoms with van der Waals surface area (Å²) in [5, 5.41) is 0. The minimum absolute atomic E-state index is 0.201. The molecule has 0 saturated carbocycles. The zero-order valence-electron chi connectivity index (χ0n) is 12.7. The summed E-state index contributed by atoms with van der Waals surface area (Å²) in [6, 6.07) is 5.87. The van der Waals surface area contributed by atoms with E-state index in [9.17, 15) is 8.42 Å². The molecule has 4 rings (SSSR count). The molecule has 1 atom stereocenters. The molecule has 2 aliphatic heterocycles. The Kier molecular flexibility index (Phi) is 3.72. The molecule has 0 bridgehead atoms. The Morgan fingerprint density at radius 3 is 2.86 bits per heavy atom. The third-order valence-electron chi connectivity index (χ3n) is 5.11. The van der Waals surface area contributed by atoms with E-state index in [1.54, 1.807) is 10.4 Å². The van der Waals surface area contributed by atoms with Gasteiger partial charge in [-0.3, -0.25) is 4.90 Å². The third kappa shape index (κ3) is 2.48. The maximum atomic E-state index is 12.9. The van der Waals surface area contributed by atoms with E-state index in [4.69, 9.17) is 4.74 Å². The molecule has 120 valence electrons. The lowest BCUT2D eigenvalue weighted by molar-refractivity contribution is -0.0304. The predicted octanol–water partition coefficient (Wildman–Crippen LogP) is 0.880. The predicted molar refractivity (Wildman–Crippen MR) is 83.4 cm³/mol. The Labute approximate surface area is 131 Å². The summed E-state index contributed by atoms with van der Waals surface area (Å²) in [5.41, 5.74) is 2.52. The van der Waals surface area contributed by atoms with Gasteiger partial charge in [0.2, 0.25) is 10.0 Å². The van der Waals surface area contributed by atoms with Gasteiger partial charge >= 0.3 is 0 Å². The first-order valence-electron chi connectivity index (χ1n) is 8.08. The van der Waals surface area contributed by atoms with Crippen LogP contribution in [-0.4, -0.2) is 63.1 Å². The van der Waals surface area contributed by atoms with Crippen LogP contribution in [0.2, 0.25) is 0 Å². The molecule has 1 aromatic rings. The number of fused-ring (bicyclic) bond motifs is 2. The van der Waals surface area contributed by atoms with Crippen LogP contribution < -0.4 is 0 Å². The van der Waals surface area contributed by atoms with E-state index < -0.39 is 10.0 Å². The number of piperazine rings is 1. The number of sulfonamides is 1. The van der Waals surface area contributed by atoms with Crippen molar-refractivity contribution < 1.29 is 13.2 Å². The maximum absolute atomic E-state index is 12.9. The molecule has 0 N–H and O–H groups in total. The second-order valence-corrected chi connectivity index (χ2v) is 8.35. The van der Waals surface area contributed by atoms with Gasteiger partial charge in [-0.25, -0.2) is 8.42 Å². The SMILES string of the molecule is O=S(=O)(c1ccc2c(c1)CCC2)N1CCN2CCOC[C@H]2C1. The number of aryl methyl sites for hydroxylation is 2. The lowest BCUT2D eigenvalue weighted by Gasteiger charge is -2.43. The van der Waals surface area contributed by atoms with Crippen LogP contribution in [0.25, 0.3) is 0 Å². The highest BCUT2D eigenvalue weighted by molar-refractivity contribution is 7.89. The van der Waals surface area contributed by atoms with Crippen molar-refractivity contribution in [3.8, 4) is 0 Å². The van der Waals surface area contributed by atoms with Crippen molar-refractivity contribution in [2.45, 2.75) is 30.2 Å². The van der Waals surface area contributed by atoms with Gasteiger partial charge in [0.1, 0.15) is 0 Å². The van der Waals surface area contributed by atoms with Gasteiger partial charge < -0.3 is 4.74 Å². The van der Waals surface area contributed by atoms with Gasteiger partial charge in [0.05, 0.1) is 18.1 Å². The highest BCUT2D eigenvalue weighted by Crippen LogP contribution is 2.27. The molecule has 0 amide bonds. The van der Waals surface area contributed by atoms with Crippen molar-refractivity contribution in [3.63, 3.8) is 0 Å². The second kappa shape index (κ2) is 5.60. The molecule has 5 nitrogen and oxygen atoms in total. The molecular weight excluding hydrogens is 300 g/mol. The molecule has 0 radical (unpaired) electrons. The van der Waals surface area contributed by atoms with Crippen molar-refractivity contribution >= 4 is 10.0 Å². The van der Waals surface area contributed by atoms with Gasteiger partial charge in [-0.1, -0.05) is 6.07 Å². The van der Waals surface area contributed by atoms with E-state index in [1.165, 1.54) is 11.1 Å². The lowest BCUT2D eigenvalue weighted by atomic mass is 10.1. The summed E-state index contributed by atoms with van der Waals surface area (Å²) in [7, 11) is -3.38. The van der Waals surface area contributed by atoms with Crippen molar-refractivity contribution in [3.05, 3.63) is 29.3 Å². The minimum atomic E-state index is -3.38. The molecule has 2 heterocycles. The number of ether oxygens (including phenoxy) is 1. The largest absolute Gasteiger partial charge is 0.378 e. The fourth-order valence-electron chi connectivity index (χ4n) is 3.79. The number of nitrogens with zero attached hydrogens (tertiary/aromatic N) is 2. The Hall–Kier alpha value is -0.950. The van der Waals surface area contributed by atoms with Crippen molar-refractivity contribution in [2.75, 3.05) is 39.4 Å². The molecule has 2 saturated heterocycles. The van der Waals surface area contributed by atoms with E-state index in [-0.39, 0.29) is 6.04 Å². The maximum Gasteiger partial charge on any atom is 0.243 e. The quantitative estimate of drug-likeness (QED) is 0.811. The normalized spacial score (nSPS) is 26.6. The number of rotatable bonds is 2. The van der Waals surface area contributed by atoms with Crippen molar-refractivity contribution in [1.29, 1.82) is 0 Å². The van der Waals surface area contributed by atoms with Crippen LogP contribution in [0.15, 0.2) is 23.1 Å². The molecule has 1 aromatic carbocycles. The molecule has 0 aromatic heterocycles. The number of hydrogen-bond donors (Lipinski definition) is 0. The molecule has 6 heteroatoms. The molecule has 2 fully saturated rings. The van der Waals surface area contributed by atoms with Crippen LogP contribution in [0.1, 0.15) is 17.5 Å². The van der Waals surface area contributed by atoms with Gasteiger partial charge in [-0.05, 0) is 42.5 Å². The summed E-state index contributed by atoms with van der Waals surface area (Å²) in [5.74, 6) is 0. The summed E-state index contributed by atoms with van der Waals surface area (Å²) < 4.78 is 33.0. The highest BCUT2D eigenvalue weighted by Gasteiger charge is 2.35. The Balaban J connectivity index is 1.58. The molecule has 22 heavy (non-hydrogen) atoms. The number of morpholine rings is 1. The summed E-state index contributed by atoms with van der Waals surface area (Å²) in [6.07, 6.45) is 3.22. The van der Waals surface area contributed by atoms with E-state index in [0.717, 1.165) is 39.0 Å². The topological polar surface area (TPSA) is 49.9 Å². The van der Waals surface area contributed by atoms with Gasteiger partial charge in [0, 0.05) is 32.2 Å². The average Bonchev–Trinajstić information content (AvgIpc) is 3.02. The number of benzene rings is 1. The summed E-state index contributed by atoms with van der Waals surface area (Å²) in [6.45, 7) is 4.23.